The SMILES string of the molecule is CC1OC(COP(=O)(O)OCC2=CC=CC2)C(C)C1C. The highest BCUT2D eigenvalue weighted by Crippen LogP contribution is 2.45. The molecule has 2 aliphatic rings. The zero-order valence-corrected chi connectivity index (χ0v) is 13.1. The van der Waals surface area contributed by atoms with E-state index in [4.69, 9.17) is 13.8 Å². The highest BCUT2D eigenvalue weighted by Gasteiger charge is 2.38. The molecule has 1 fully saturated rings. The van der Waals surface area contributed by atoms with Crippen LogP contribution in [-0.2, 0) is 18.3 Å². The summed E-state index contributed by atoms with van der Waals surface area (Å²) in [6.07, 6.45) is 6.50. The Hall–Kier alpha value is -0.450. The molecular weight excluding hydrogens is 279 g/mol. The van der Waals surface area contributed by atoms with E-state index in [1.165, 1.54) is 0 Å². The fourth-order valence-corrected chi connectivity index (χ4v) is 3.19. The Bertz CT molecular complexity index is 445. The van der Waals surface area contributed by atoms with Gasteiger partial charge < -0.3 is 9.63 Å². The fraction of sp³-hybridized carbons (Fsp3) is 0.714. The van der Waals surface area contributed by atoms with Gasteiger partial charge >= 0.3 is 7.82 Å². The van der Waals surface area contributed by atoms with Gasteiger partial charge in [0, 0.05) is 0 Å². The second-order valence-corrected chi connectivity index (χ2v) is 7.05. The van der Waals surface area contributed by atoms with Crippen molar-refractivity contribution in [2.24, 2.45) is 11.8 Å². The first-order valence-corrected chi connectivity index (χ1v) is 8.50. The Morgan fingerprint density at radius 3 is 2.65 bits per heavy atom. The summed E-state index contributed by atoms with van der Waals surface area (Å²) in [5, 5.41) is 0. The van der Waals surface area contributed by atoms with E-state index in [1.54, 1.807) is 0 Å². The van der Waals surface area contributed by atoms with Crippen LogP contribution in [0.2, 0.25) is 0 Å². The summed E-state index contributed by atoms with van der Waals surface area (Å²) >= 11 is 0. The van der Waals surface area contributed by atoms with Crippen molar-refractivity contribution in [3.05, 3.63) is 23.8 Å². The highest BCUT2D eigenvalue weighted by molar-refractivity contribution is 7.47. The molecule has 1 heterocycles. The Kier molecular flexibility index (Phi) is 5.21. The standard InChI is InChI=1S/C14H23O5P/c1-10-11(2)14(19-12(10)3)9-18-20(15,16)17-8-13-6-4-5-7-13/h4-6,10-12,14H,7-9H2,1-3H3,(H,15,16). The first kappa shape index (κ1) is 15.9. The maximum Gasteiger partial charge on any atom is 0.472 e. The van der Waals surface area contributed by atoms with Crippen LogP contribution in [0.25, 0.3) is 0 Å². The van der Waals surface area contributed by atoms with Crippen LogP contribution in [-0.4, -0.2) is 30.3 Å². The molecule has 1 aliphatic carbocycles. The van der Waals surface area contributed by atoms with Crippen LogP contribution in [0.4, 0.5) is 0 Å². The molecular formula is C14H23O5P. The number of phosphoric ester groups is 1. The lowest BCUT2D eigenvalue weighted by Crippen LogP contribution is -2.22. The average Bonchev–Trinajstić information content (AvgIpc) is 2.99. The molecule has 0 aromatic carbocycles. The van der Waals surface area contributed by atoms with Gasteiger partial charge in [-0.2, -0.15) is 0 Å². The monoisotopic (exact) mass is 302 g/mol. The van der Waals surface area contributed by atoms with Crippen LogP contribution in [0, 0.1) is 11.8 Å². The summed E-state index contributed by atoms with van der Waals surface area (Å²) in [7, 11) is -4.01. The summed E-state index contributed by atoms with van der Waals surface area (Å²) in [4.78, 5) is 9.66. The molecule has 5 nitrogen and oxygen atoms in total. The van der Waals surface area contributed by atoms with Crippen molar-refractivity contribution in [1.82, 2.24) is 0 Å². The van der Waals surface area contributed by atoms with Crippen molar-refractivity contribution in [1.29, 1.82) is 0 Å². The molecule has 6 heteroatoms. The fourth-order valence-electron chi connectivity index (χ4n) is 2.45. The van der Waals surface area contributed by atoms with Crippen molar-refractivity contribution in [3.63, 3.8) is 0 Å². The average molecular weight is 302 g/mol. The third kappa shape index (κ3) is 4.03. The van der Waals surface area contributed by atoms with Gasteiger partial charge in [0.15, 0.2) is 0 Å². The van der Waals surface area contributed by atoms with E-state index in [-0.39, 0.29) is 25.4 Å². The van der Waals surface area contributed by atoms with Crippen molar-refractivity contribution in [2.75, 3.05) is 13.2 Å². The molecule has 114 valence electrons. The van der Waals surface area contributed by atoms with E-state index in [0.717, 1.165) is 12.0 Å². The molecule has 1 N–H and O–H groups in total. The molecule has 0 amide bonds. The van der Waals surface area contributed by atoms with E-state index >= 15 is 0 Å². The minimum atomic E-state index is -4.01. The molecule has 0 aromatic heterocycles. The largest absolute Gasteiger partial charge is 0.472 e. The topological polar surface area (TPSA) is 65.0 Å². The zero-order chi connectivity index (χ0) is 14.8. The van der Waals surface area contributed by atoms with Crippen molar-refractivity contribution < 1.29 is 23.2 Å². The Balaban J connectivity index is 1.76. The molecule has 0 saturated carbocycles. The normalized spacial score (nSPS) is 36.1. The van der Waals surface area contributed by atoms with E-state index in [0.29, 0.717) is 11.8 Å². The number of ether oxygens (including phenoxy) is 1. The van der Waals surface area contributed by atoms with Crippen LogP contribution < -0.4 is 0 Å². The summed E-state index contributed by atoms with van der Waals surface area (Å²) in [5.41, 5.74) is 0.968. The van der Waals surface area contributed by atoms with Gasteiger partial charge in [-0.05, 0) is 30.8 Å². The maximum atomic E-state index is 11.8. The van der Waals surface area contributed by atoms with E-state index in [9.17, 15) is 9.46 Å². The minimum absolute atomic E-state index is 0.0842. The van der Waals surface area contributed by atoms with Crippen LogP contribution >= 0.6 is 7.82 Å². The molecule has 5 unspecified atom stereocenters. The molecule has 20 heavy (non-hydrogen) atoms. The molecule has 5 atom stereocenters. The third-order valence-corrected chi connectivity index (χ3v) is 5.14. The second kappa shape index (κ2) is 6.54. The van der Waals surface area contributed by atoms with E-state index in [1.807, 2.05) is 25.2 Å². The maximum absolute atomic E-state index is 11.8. The predicted octanol–water partition coefficient (Wildman–Crippen LogP) is 3.07. The molecule has 0 aromatic rings. The lowest BCUT2D eigenvalue weighted by Gasteiger charge is -2.18. The predicted molar refractivity (Wildman–Crippen MR) is 76.2 cm³/mol. The number of hydrogen-bond acceptors (Lipinski definition) is 4. The van der Waals surface area contributed by atoms with Crippen molar-refractivity contribution in [2.45, 2.75) is 39.4 Å². The van der Waals surface area contributed by atoms with Crippen molar-refractivity contribution >= 4 is 7.82 Å². The lowest BCUT2D eigenvalue weighted by atomic mass is 9.91. The number of allylic oxidation sites excluding steroid dienone is 3. The highest BCUT2D eigenvalue weighted by atomic mass is 31.2. The van der Waals surface area contributed by atoms with Crippen LogP contribution in [0.15, 0.2) is 23.8 Å². The quantitative estimate of drug-likeness (QED) is 0.764. The van der Waals surface area contributed by atoms with Gasteiger partial charge in [-0.15, -0.1) is 0 Å². The van der Waals surface area contributed by atoms with Gasteiger partial charge in [0.2, 0.25) is 0 Å². The van der Waals surface area contributed by atoms with Gasteiger partial charge in [-0.3, -0.25) is 9.05 Å². The molecule has 1 saturated heterocycles. The summed E-state index contributed by atoms with van der Waals surface area (Å²) in [5.74, 6) is 0.712. The molecule has 2 rings (SSSR count). The van der Waals surface area contributed by atoms with E-state index in [2.05, 4.69) is 13.8 Å². The summed E-state index contributed by atoms with van der Waals surface area (Å²) in [6.45, 7) is 6.40. The van der Waals surface area contributed by atoms with Crippen LogP contribution in [0.3, 0.4) is 0 Å². The lowest BCUT2D eigenvalue weighted by molar-refractivity contribution is 0.00348. The summed E-state index contributed by atoms with van der Waals surface area (Å²) < 4.78 is 27.6. The number of hydrogen-bond donors (Lipinski definition) is 1. The zero-order valence-electron chi connectivity index (χ0n) is 12.2. The molecule has 0 spiro atoms. The molecule has 0 bridgehead atoms. The smallest absolute Gasteiger partial charge is 0.372 e. The third-order valence-electron chi connectivity index (χ3n) is 4.21. The Morgan fingerprint density at radius 1 is 1.35 bits per heavy atom. The van der Waals surface area contributed by atoms with Gasteiger partial charge in [-0.1, -0.05) is 32.1 Å². The Morgan fingerprint density at radius 2 is 2.10 bits per heavy atom. The van der Waals surface area contributed by atoms with E-state index < -0.39 is 7.82 Å². The first-order valence-electron chi connectivity index (χ1n) is 7.01. The first-order chi connectivity index (χ1) is 9.39. The minimum Gasteiger partial charge on any atom is -0.372 e. The van der Waals surface area contributed by atoms with Crippen LogP contribution in [0.1, 0.15) is 27.2 Å². The van der Waals surface area contributed by atoms with Gasteiger partial charge in [0.1, 0.15) is 0 Å². The second-order valence-electron chi connectivity index (χ2n) is 5.59. The molecule has 1 aliphatic heterocycles. The van der Waals surface area contributed by atoms with Gasteiger partial charge in [-0.25, -0.2) is 4.57 Å². The Labute approximate surface area is 120 Å². The van der Waals surface area contributed by atoms with Gasteiger partial charge in [0.25, 0.3) is 0 Å². The van der Waals surface area contributed by atoms with Crippen molar-refractivity contribution in [3.8, 4) is 0 Å². The number of rotatable bonds is 6. The summed E-state index contributed by atoms with van der Waals surface area (Å²) in [6, 6.07) is 0. The van der Waals surface area contributed by atoms with Gasteiger partial charge in [0.05, 0.1) is 25.4 Å². The van der Waals surface area contributed by atoms with Crippen LogP contribution in [0.5, 0.6) is 0 Å². The number of phosphoric acid groups is 1. The molecule has 0 radical (unpaired) electrons.